The standard InChI is InChI=1S/C22H20FN3O4/c1-28-20-12-16-17(13-21(20)29-2)24-8-5-19(16)30-15-3-4-18-14(11-15)6-10-26(18)22(27)25-9-7-23/h3-6,8,10-13H,7,9H2,1-2H3,(H,25,27). The molecule has 0 aliphatic rings. The molecule has 1 N–H and O–H groups in total. The minimum Gasteiger partial charge on any atom is -0.493 e. The van der Waals surface area contributed by atoms with E-state index in [1.54, 1.807) is 56.9 Å². The number of carbonyl (C=O) groups is 1. The van der Waals surface area contributed by atoms with Crippen LogP contribution < -0.4 is 19.5 Å². The predicted octanol–water partition coefficient (Wildman–Crippen LogP) is 4.53. The van der Waals surface area contributed by atoms with E-state index in [0.717, 1.165) is 10.8 Å². The van der Waals surface area contributed by atoms with E-state index in [2.05, 4.69) is 10.3 Å². The monoisotopic (exact) mass is 409 g/mol. The first-order valence-electron chi connectivity index (χ1n) is 9.28. The summed E-state index contributed by atoms with van der Waals surface area (Å²) in [6, 6.07) is 12.2. The van der Waals surface area contributed by atoms with Crippen LogP contribution in [0.5, 0.6) is 23.0 Å². The number of halogens is 1. The van der Waals surface area contributed by atoms with Gasteiger partial charge in [0.15, 0.2) is 11.5 Å². The molecule has 0 saturated carbocycles. The number of fused-ring (bicyclic) bond motifs is 2. The van der Waals surface area contributed by atoms with Crippen molar-refractivity contribution in [3.8, 4) is 23.0 Å². The summed E-state index contributed by atoms with van der Waals surface area (Å²) in [5.41, 5.74) is 1.41. The van der Waals surface area contributed by atoms with Crippen LogP contribution in [0, 0.1) is 0 Å². The van der Waals surface area contributed by atoms with Crippen molar-refractivity contribution in [2.45, 2.75) is 0 Å². The van der Waals surface area contributed by atoms with Gasteiger partial charge in [-0.3, -0.25) is 9.55 Å². The van der Waals surface area contributed by atoms with E-state index in [4.69, 9.17) is 14.2 Å². The van der Waals surface area contributed by atoms with Crippen molar-refractivity contribution in [3.63, 3.8) is 0 Å². The van der Waals surface area contributed by atoms with Crippen LogP contribution in [0.25, 0.3) is 21.8 Å². The first-order chi connectivity index (χ1) is 14.6. The lowest BCUT2D eigenvalue weighted by Crippen LogP contribution is -2.29. The zero-order valence-electron chi connectivity index (χ0n) is 16.5. The van der Waals surface area contributed by atoms with Crippen LogP contribution in [-0.2, 0) is 0 Å². The summed E-state index contributed by atoms with van der Waals surface area (Å²) >= 11 is 0. The van der Waals surface area contributed by atoms with Crippen molar-refractivity contribution < 1.29 is 23.4 Å². The number of hydrogen-bond acceptors (Lipinski definition) is 5. The average molecular weight is 409 g/mol. The Morgan fingerprint density at radius 1 is 1.07 bits per heavy atom. The summed E-state index contributed by atoms with van der Waals surface area (Å²) in [6.45, 7) is -0.636. The summed E-state index contributed by atoms with van der Waals surface area (Å²) in [6.07, 6.45) is 3.30. The molecule has 2 aromatic carbocycles. The summed E-state index contributed by atoms with van der Waals surface area (Å²) in [5, 5.41) is 4.11. The number of benzene rings is 2. The van der Waals surface area contributed by atoms with Gasteiger partial charge < -0.3 is 19.5 Å². The summed E-state index contributed by atoms with van der Waals surface area (Å²) in [5.74, 6) is 2.38. The molecule has 0 atom stereocenters. The number of amides is 1. The zero-order chi connectivity index (χ0) is 21.1. The number of carbonyl (C=O) groups excluding carboxylic acids is 1. The molecule has 0 fully saturated rings. The summed E-state index contributed by atoms with van der Waals surface area (Å²) in [4.78, 5) is 16.5. The highest BCUT2D eigenvalue weighted by molar-refractivity contribution is 5.92. The Balaban J connectivity index is 1.67. The van der Waals surface area contributed by atoms with Crippen molar-refractivity contribution in [1.82, 2.24) is 14.9 Å². The van der Waals surface area contributed by atoms with Gasteiger partial charge in [-0.25, -0.2) is 9.18 Å². The Bertz CT molecular complexity index is 1220. The molecule has 154 valence electrons. The highest BCUT2D eigenvalue weighted by atomic mass is 19.1. The Labute approximate surface area is 172 Å². The topological polar surface area (TPSA) is 74.6 Å². The predicted molar refractivity (Wildman–Crippen MR) is 112 cm³/mol. The van der Waals surface area contributed by atoms with E-state index in [0.29, 0.717) is 34.0 Å². The number of aromatic nitrogens is 2. The second-order valence-electron chi connectivity index (χ2n) is 6.46. The average Bonchev–Trinajstić information content (AvgIpc) is 3.20. The SMILES string of the molecule is COc1cc2nccc(Oc3ccc4c(ccn4C(=O)NCCF)c3)c2cc1OC. The Hall–Kier alpha value is -3.81. The number of alkyl halides is 1. The summed E-state index contributed by atoms with van der Waals surface area (Å²) in [7, 11) is 3.14. The van der Waals surface area contributed by atoms with E-state index in [1.807, 2.05) is 12.1 Å². The minimum atomic E-state index is -0.612. The van der Waals surface area contributed by atoms with E-state index < -0.39 is 6.67 Å². The van der Waals surface area contributed by atoms with E-state index in [9.17, 15) is 9.18 Å². The molecule has 4 rings (SSSR count). The zero-order valence-corrected chi connectivity index (χ0v) is 16.5. The molecule has 0 radical (unpaired) electrons. The second-order valence-corrected chi connectivity index (χ2v) is 6.46. The maximum atomic E-state index is 12.3. The fourth-order valence-electron chi connectivity index (χ4n) is 3.26. The smallest absolute Gasteiger partial charge is 0.326 e. The number of pyridine rings is 1. The molecule has 0 bridgehead atoms. The molecule has 0 aliphatic carbocycles. The molecular formula is C22H20FN3O4. The maximum absolute atomic E-state index is 12.3. The van der Waals surface area contributed by atoms with Gasteiger partial charge in [-0.2, -0.15) is 0 Å². The van der Waals surface area contributed by atoms with Gasteiger partial charge in [-0.05, 0) is 36.4 Å². The molecule has 0 saturated heterocycles. The van der Waals surface area contributed by atoms with Crippen LogP contribution in [0.4, 0.5) is 9.18 Å². The number of methoxy groups -OCH3 is 2. The first-order valence-corrected chi connectivity index (χ1v) is 9.28. The van der Waals surface area contributed by atoms with E-state index in [-0.39, 0.29) is 12.6 Å². The van der Waals surface area contributed by atoms with Crippen LogP contribution >= 0.6 is 0 Å². The third-order valence-corrected chi connectivity index (χ3v) is 4.69. The molecule has 2 heterocycles. The molecule has 1 amide bonds. The Morgan fingerprint density at radius 2 is 1.87 bits per heavy atom. The van der Waals surface area contributed by atoms with Crippen molar-refractivity contribution in [2.24, 2.45) is 0 Å². The normalized spacial score (nSPS) is 10.9. The van der Waals surface area contributed by atoms with Crippen LogP contribution in [0.15, 0.2) is 54.9 Å². The fourth-order valence-corrected chi connectivity index (χ4v) is 3.26. The van der Waals surface area contributed by atoms with Crippen LogP contribution in [0.2, 0.25) is 0 Å². The number of ether oxygens (including phenoxy) is 3. The van der Waals surface area contributed by atoms with Crippen LogP contribution in [0.1, 0.15) is 0 Å². The third kappa shape index (κ3) is 3.59. The minimum absolute atomic E-state index is 0.0247. The molecule has 7 nitrogen and oxygen atoms in total. The molecule has 0 unspecified atom stereocenters. The molecule has 8 heteroatoms. The van der Waals surface area contributed by atoms with E-state index >= 15 is 0 Å². The molecule has 4 aromatic rings. The number of nitrogens with zero attached hydrogens (tertiary/aromatic N) is 2. The highest BCUT2D eigenvalue weighted by Gasteiger charge is 2.13. The Morgan fingerprint density at radius 3 is 2.63 bits per heavy atom. The van der Waals surface area contributed by atoms with Gasteiger partial charge in [0, 0.05) is 35.8 Å². The van der Waals surface area contributed by atoms with Gasteiger partial charge >= 0.3 is 6.03 Å². The molecule has 0 spiro atoms. The van der Waals surface area contributed by atoms with Gasteiger partial charge in [0.05, 0.1) is 25.3 Å². The second kappa shape index (κ2) is 8.28. The van der Waals surface area contributed by atoms with Gasteiger partial charge in [-0.15, -0.1) is 0 Å². The van der Waals surface area contributed by atoms with Gasteiger partial charge in [0.1, 0.15) is 18.2 Å². The third-order valence-electron chi connectivity index (χ3n) is 4.69. The van der Waals surface area contributed by atoms with Crippen molar-refractivity contribution in [1.29, 1.82) is 0 Å². The molecule has 2 aromatic heterocycles. The lowest BCUT2D eigenvalue weighted by Gasteiger charge is -2.12. The lowest BCUT2D eigenvalue weighted by atomic mass is 10.1. The molecule has 0 aliphatic heterocycles. The summed E-state index contributed by atoms with van der Waals surface area (Å²) < 4.78 is 30.6. The van der Waals surface area contributed by atoms with Crippen LogP contribution in [0.3, 0.4) is 0 Å². The number of nitrogens with one attached hydrogen (secondary N) is 1. The van der Waals surface area contributed by atoms with Gasteiger partial charge in [-0.1, -0.05) is 0 Å². The number of hydrogen-bond donors (Lipinski definition) is 1. The molecular weight excluding hydrogens is 389 g/mol. The first kappa shape index (κ1) is 19.5. The van der Waals surface area contributed by atoms with Crippen LogP contribution in [-0.4, -0.2) is 43.0 Å². The van der Waals surface area contributed by atoms with Gasteiger partial charge in [0.25, 0.3) is 0 Å². The molecule has 30 heavy (non-hydrogen) atoms. The highest BCUT2D eigenvalue weighted by Crippen LogP contribution is 2.37. The van der Waals surface area contributed by atoms with Crippen molar-refractivity contribution in [2.75, 3.05) is 27.4 Å². The fraction of sp³-hybridized carbons (Fsp3) is 0.182. The quantitative estimate of drug-likeness (QED) is 0.507. The maximum Gasteiger partial charge on any atom is 0.326 e. The van der Waals surface area contributed by atoms with Crippen molar-refractivity contribution >= 4 is 27.8 Å². The Kier molecular flexibility index (Phi) is 5.38. The largest absolute Gasteiger partial charge is 0.493 e. The van der Waals surface area contributed by atoms with E-state index in [1.165, 1.54) is 4.57 Å². The van der Waals surface area contributed by atoms with Crippen molar-refractivity contribution in [3.05, 3.63) is 54.9 Å². The lowest BCUT2D eigenvalue weighted by molar-refractivity contribution is 0.242. The number of rotatable bonds is 6. The van der Waals surface area contributed by atoms with Gasteiger partial charge in [0.2, 0.25) is 0 Å².